The second kappa shape index (κ2) is 3.87. The molecule has 4 nitrogen and oxygen atoms in total. The summed E-state index contributed by atoms with van der Waals surface area (Å²) >= 11 is 0. The molecule has 1 aliphatic heterocycles. The highest BCUT2D eigenvalue weighted by atomic mass is 16.4. The van der Waals surface area contributed by atoms with Crippen LogP contribution in [0.25, 0.3) is 0 Å². The normalized spacial score (nSPS) is 26.1. The van der Waals surface area contributed by atoms with Crippen molar-refractivity contribution in [2.24, 2.45) is 5.92 Å². The van der Waals surface area contributed by atoms with Crippen molar-refractivity contribution in [2.45, 2.75) is 12.5 Å². The zero-order valence-electron chi connectivity index (χ0n) is 7.58. The first kappa shape index (κ1) is 9.48. The van der Waals surface area contributed by atoms with Crippen LogP contribution in [-0.2, 0) is 4.79 Å². The van der Waals surface area contributed by atoms with Crippen molar-refractivity contribution in [2.75, 3.05) is 27.2 Å². The molecule has 2 unspecified atom stereocenters. The van der Waals surface area contributed by atoms with Crippen LogP contribution in [0.3, 0.4) is 0 Å². The van der Waals surface area contributed by atoms with Crippen LogP contribution < -0.4 is 5.32 Å². The molecule has 0 aromatic heterocycles. The molecule has 4 heteroatoms. The number of nitrogens with one attached hydrogen (secondary N) is 1. The summed E-state index contributed by atoms with van der Waals surface area (Å²) in [4.78, 5) is 12.6. The number of rotatable bonds is 3. The average Bonchev–Trinajstić information content (AvgIpc) is 2.37. The van der Waals surface area contributed by atoms with E-state index in [9.17, 15) is 4.79 Å². The van der Waals surface area contributed by atoms with E-state index in [-0.39, 0.29) is 12.0 Å². The summed E-state index contributed by atoms with van der Waals surface area (Å²) in [6.07, 6.45) is 0.967. The fourth-order valence-electron chi connectivity index (χ4n) is 1.79. The minimum absolute atomic E-state index is 0.262. The molecule has 0 aromatic rings. The van der Waals surface area contributed by atoms with Gasteiger partial charge in [0.1, 0.15) is 6.04 Å². The van der Waals surface area contributed by atoms with Crippen LogP contribution in [-0.4, -0.2) is 49.2 Å². The monoisotopic (exact) mass is 172 g/mol. The van der Waals surface area contributed by atoms with Gasteiger partial charge in [0, 0.05) is 6.54 Å². The second-order valence-corrected chi connectivity index (χ2v) is 3.50. The number of carbonyl (C=O) groups is 1. The highest BCUT2D eigenvalue weighted by molar-refractivity contribution is 5.73. The zero-order chi connectivity index (χ0) is 9.14. The standard InChI is InChI=1S/C8H16N2O2/c1-10(2)7(8(11)12)6-3-4-9-5-6/h6-7,9H,3-5H2,1-2H3,(H,11,12). The molecule has 0 spiro atoms. The number of nitrogens with zero attached hydrogens (tertiary/aromatic N) is 1. The van der Waals surface area contributed by atoms with Gasteiger partial charge in [-0.25, -0.2) is 0 Å². The minimum atomic E-state index is -0.714. The molecule has 0 aromatic carbocycles. The van der Waals surface area contributed by atoms with Crippen molar-refractivity contribution in [1.82, 2.24) is 10.2 Å². The molecular weight excluding hydrogens is 156 g/mol. The maximum absolute atomic E-state index is 10.9. The molecule has 0 amide bonds. The molecule has 70 valence electrons. The van der Waals surface area contributed by atoms with Crippen molar-refractivity contribution in [1.29, 1.82) is 0 Å². The molecular formula is C8H16N2O2. The van der Waals surface area contributed by atoms with Gasteiger partial charge in [0.2, 0.25) is 0 Å². The quantitative estimate of drug-likeness (QED) is 0.609. The molecule has 1 saturated heterocycles. The Morgan fingerprint density at radius 3 is 2.67 bits per heavy atom. The molecule has 1 heterocycles. The third-order valence-electron chi connectivity index (χ3n) is 2.35. The van der Waals surface area contributed by atoms with Crippen LogP contribution in [0, 0.1) is 5.92 Å². The van der Waals surface area contributed by atoms with Gasteiger partial charge in [-0.15, -0.1) is 0 Å². The number of aliphatic carboxylic acids is 1. The van der Waals surface area contributed by atoms with Gasteiger partial charge < -0.3 is 10.4 Å². The van der Waals surface area contributed by atoms with E-state index >= 15 is 0 Å². The van der Waals surface area contributed by atoms with E-state index in [1.807, 2.05) is 14.1 Å². The number of carboxylic acids is 1. The molecule has 2 atom stereocenters. The Hall–Kier alpha value is -0.610. The summed E-state index contributed by atoms with van der Waals surface area (Å²) < 4.78 is 0. The van der Waals surface area contributed by atoms with E-state index in [0.717, 1.165) is 19.5 Å². The van der Waals surface area contributed by atoms with Crippen LogP contribution in [0.4, 0.5) is 0 Å². The molecule has 0 saturated carbocycles. The third kappa shape index (κ3) is 1.95. The Balaban J connectivity index is 2.58. The van der Waals surface area contributed by atoms with Crippen LogP contribution in [0.5, 0.6) is 0 Å². The van der Waals surface area contributed by atoms with Crippen LogP contribution in [0.15, 0.2) is 0 Å². The van der Waals surface area contributed by atoms with E-state index in [4.69, 9.17) is 5.11 Å². The van der Waals surface area contributed by atoms with Crippen LogP contribution in [0.1, 0.15) is 6.42 Å². The summed E-state index contributed by atoms with van der Waals surface area (Å²) in [5.74, 6) is -0.453. The molecule has 1 rings (SSSR count). The SMILES string of the molecule is CN(C)C(C(=O)O)C1CCNC1. The number of likely N-dealkylation sites (N-methyl/N-ethyl adjacent to an activating group) is 1. The van der Waals surface area contributed by atoms with E-state index < -0.39 is 5.97 Å². The maximum Gasteiger partial charge on any atom is 0.321 e. The van der Waals surface area contributed by atoms with E-state index in [1.165, 1.54) is 0 Å². The number of hydrogen-bond acceptors (Lipinski definition) is 3. The lowest BCUT2D eigenvalue weighted by Crippen LogP contribution is -2.42. The van der Waals surface area contributed by atoms with Gasteiger partial charge in [-0.3, -0.25) is 9.69 Å². The average molecular weight is 172 g/mol. The minimum Gasteiger partial charge on any atom is -0.480 e. The molecule has 12 heavy (non-hydrogen) atoms. The van der Waals surface area contributed by atoms with E-state index in [2.05, 4.69) is 5.32 Å². The van der Waals surface area contributed by atoms with Gasteiger partial charge in [0.05, 0.1) is 0 Å². The maximum atomic E-state index is 10.9. The van der Waals surface area contributed by atoms with Gasteiger partial charge in [-0.1, -0.05) is 0 Å². The summed E-state index contributed by atoms with van der Waals surface area (Å²) in [5.41, 5.74) is 0. The van der Waals surface area contributed by atoms with Crippen molar-refractivity contribution in [3.8, 4) is 0 Å². The Bertz CT molecular complexity index is 164. The lowest BCUT2D eigenvalue weighted by molar-refractivity contribution is -0.144. The summed E-state index contributed by atoms with van der Waals surface area (Å²) in [6, 6.07) is -0.333. The fraction of sp³-hybridized carbons (Fsp3) is 0.875. The Morgan fingerprint density at radius 2 is 2.33 bits per heavy atom. The molecule has 2 N–H and O–H groups in total. The number of hydrogen-bond donors (Lipinski definition) is 2. The second-order valence-electron chi connectivity index (χ2n) is 3.50. The lowest BCUT2D eigenvalue weighted by Gasteiger charge is -2.24. The number of carboxylic acid groups (broad SMARTS) is 1. The van der Waals surface area contributed by atoms with Gasteiger partial charge in [0.25, 0.3) is 0 Å². The molecule has 0 bridgehead atoms. The molecule has 1 aliphatic rings. The van der Waals surface area contributed by atoms with Crippen molar-refractivity contribution in [3.63, 3.8) is 0 Å². The van der Waals surface area contributed by atoms with Gasteiger partial charge in [-0.2, -0.15) is 0 Å². The Morgan fingerprint density at radius 1 is 1.67 bits per heavy atom. The van der Waals surface area contributed by atoms with Crippen LogP contribution in [0.2, 0.25) is 0 Å². The summed E-state index contributed by atoms with van der Waals surface area (Å²) in [6.45, 7) is 1.78. The smallest absolute Gasteiger partial charge is 0.321 e. The fourth-order valence-corrected chi connectivity index (χ4v) is 1.79. The van der Waals surface area contributed by atoms with Crippen molar-refractivity contribution >= 4 is 5.97 Å². The van der Waals surface area contributed by atoms with E-state index in [1.54, 1.807) is 4.90 Å². The zero-order valence-corrected chi connectivity index (χ0v) is 7.58. The first-order valence-electron chi connectivity index (χ1n) is 4.23. The topological polar surface area (TPSA) is 52.6 Å². The highest BCUT2D eigenvalue weighted by Gasteiger charge is 2.31. The predicted molar refractivity (Wildman–Crippen MR) is 46.1 cm³/mol. The molecule has 0 aliphatic carbocycles. The van der Waals surface area contributed by atoms with Crippen LogP contribution >= 0.6 is 0 Å². The van der Waals surface area contributed by atoms with E-state index in [0.29, 0.717) is 0 Å². The highest BCUT2D eigenvalue weighted by Crippen LogP contribution is 2.16. The predicted octanol–water partition coefficient (Wildman–Crippen LogP) is -0.389. The van der Waals surface area contributed by atoms with Gasteiger partial charge >= 0.3 is 5.97 Å². The Kier molecular flexibility index (Phi) is 3.05. The summed E-state index contributed by atoms with van der Waals surface area (Å²) in [7, 11) is 3.63. The van der Waals surface area contributed by atoms with Gasteiger partial charge in [0.15, 0.2) is 0 Å². The van der Waals surface area contributed by atoms with Crippen molar-refractivity contribution < 1.29 is 9.90 Å². The summed E-state index contributed by atoms with van der Waals surface area (Å²) in [5, 5.41) is 12.1. The first-order valence-corrected chi connectivity index (χ1v) is 4.23. The lowest BCUT2D eigenvalue weighted by atomic mass is 9.98. The molecule has 1 fully saturated rings. The Labute approximate surface area is 72.6 Å². The third-order valence-corrected chi connectivity index (χ3v) is 2.35. The van der Waals surface area contributed by atoms with Crippen molar-refractivity contribution in [3.05, 3.63) is 0 Å². The molecule has 0 radical (unpaired) electrons. The largest absolute Gasteiger partial charge is 0.480 e. The first-order chi connectivity index (χ1) is 5.63. The van der Waals surface area contributed by atoms with Gasteiger partial charge in [-0.05, 0) is 33.0 Å².